The Morgan fingerprint density at radius 3 is 3.05 bits per heavy atom. The molecule has 2 aliphatic heterocycles. The van der Waals surface area contributed by atoms with Gasteiger partial charge in [-0.05, 0) is 43.9 Å². The van der Waals surface area contributed by atoms with Crippen molar-refractivity contribution >= 4 is 5.91 Å². The Kier molecular flexibility index (Phi) is 4.78. The van der Waals surface area contributed by atoms with Gasteiger partial charge in [0.15, 0.2) is 6.61 Å². The molecule has 3 rings (SSSR count). The van der Waals surface area contributed by atoms with E-state index in [1.807, 2.05) is 30.1 Å². The molecule has 118 valence electrons. The number of carbonyl (C=O) groups excluding carboxylic acids is 1. The SMILES string of the molecule is CN1C(=O)COc2ccccc2C/C=C/C[C@H]2NCCC[C@H]21. The lowest BCUT2D eigenvalue weighted by molar-refractivity contribution is -0.135. The molecule has 1 saturated heterocycles. The Balaban J connectivity index is 1.83. The summed E-state index contributed by atoms with van der Waals surface area (Å²) in [7, 11) is 1.90. The molecule has 1 aromatic rings. The van der Waals surface area contributed by atoms with Crippen LogP contribution in [0.15, 0.2) is 36.4 Å². The van der Waals surface area contributed by atoms with E-state index in [0.717, 1.165) is 43.5 Å². The standard InChI is InChI=1S/C18H24N2O2/c1-20-16-10-6-12-19-15(16)9-4-2-7-14-8-3-5-11-17(14)22-13-18(20)21/h2-5,8,11,15-16,19H,6-7,9-10,12-13H2,1H3/b4-2+/t15-,16-/m1/s1. The highest BCUT2D eigenvalue weighted by Crippen LogP contribution is 2.22. The number of para-hydroxylation sites is 1. The maximum absolute atomic E-state index is 12.4. The van der Waals surface area contributed by atoms with E-state index in [-0.39, 0.29) is 18.6 Å². The third kappa shape index (κ3) is 3.33. The summed E-state index contributed by atoms with van der Waals surface area (Å²) in [5.41, 5.74) is 1.13. The fraction of sp³-hybridized carbons (Fsp3) is 0.500. The molecule has 1 amide bonds. The van der Waals surface area contributed by atoms with Gasteiger partial charge in [-0.1, -0.05) is 30.4 Å². The second kappa shape index (κ2) is 6.97. The smallest absolute Gasteiger partial charge is 0.260 e. The van der Waals surface area contributed by atoms with E-state index in [9.17, 15) is 4.79 Å². The van der Waals surface area contributed by atoms with Crippen molar-refractivity contribution in [1.82, 2.24) is 10.2 Å². The zero-order valence-corrected chi connectivity index (χ0v) is 13.1. The van der Waals surface area contributed by atoms with Gasteiger partial charge in [0.25, 0.3) is 5.91 Å². The van der Waals surface area contributed by atoms with Crippen LogP contribution in [-0.2, 0) is 11.2 Å². The van der Waals surface area contributed by atoms with Crippen LogP contribution in [0.5, 0.6) is 5.75 Å². The van der Waals surface area contributed by atoms with Gasteiger partial charge in [-0.2, -0.15) is 0 Å². The summed E-state index contributed by atoms with van der Waals surface area (Å²) < 4.78 is 5.78. The number of likely N-dealkylation sites (N-methyl/N-ethyl adjacent to an activating group) is 1. The molecule has 1 N–H and O–H groups in total. The molecule has 0 bridgehead atoms. The van der Waals surface area contributed by atoms with E-state index in [4.69, 9.17) is 4.74 Å². The number of rotatable bonds is 0. The second-order valence-electron chi connectivity index (χ2n) is 6.08. The van der Waals surface area contributed by atoms with Crippen molar-refractivity contribution in [2.45, 2.75) is 37.8 Å². The molecule has 22 heavy (non-hydrogen) atoms. The highest BCUT2D eigenvalue weighted by atomic mass is 16.5. The monoisotopic (exact) mass is 300 g/mol. The second-order valence-corrected chi connectivity index (χ2v) is 6.08. The fourth-order valence-electron chi connectivity index (χ4n) is 3.33. The van der Waals surface area contributed by atoms with E-state index in [1.54, 1.807) is 0 Å². The van der Waals surface area contributed by atoms with E-state index in [1.165, 1.54) is 0 Å². The molecule has 4 nitrogen and oxygen atoms in total. The Morgan fingerprint density at radius 2 is 2.14 bits per heavy atom. The number of hydrogen-bond acceptors (Lipinski definition) is 3. The first-order valence-electron chi connectivity index (χ1n) is 8.10. The van der Waals surface area contributed by atoms with Crippen molar-refractivity contribution in [3.63, 3.8) is 0 Å². The van der Waals surface area contributed by atoms with Gasteiger partial charge in [-0.25, -0.2) is 0 Å². The first-order valence-corrected chi connectivity index (χ1v) is 8.10. The Labute approximate surface area is 132 Å². The third-order valence-electron chi connectivity index (χ3n) is 4.66. The summed E-state index contributed by atoms with van der Waals surface area (Å²) in [6.07, 6.45) is 8.42. The number of nitrogens with one attached hydrogen (secondary N) is 1. The van der Waals surface area contributed by atoms with E-state index in [0.29, 0.717) is 6.04 Å². The van der Waals surface area contributed by atoms with Crippen molar-refractivity contribution in [3.05, 3.63) is 42.0 Å². The van der Waals surface area contributed by atoms with Crippen molar-refractivity contribution < 1.29 is 9.53 Å². The molecular formula is C18H24N2O2. The highest BCUT2D eigenvalue weighted by molar-refractivity contribution is 5.78. The van der Waals surface area contributed by atoms with Crippen LogP contribution in [0.4, 0.5) is 0 Å². The van der Waals surface area contributed by atoms with Gasteiger partial charge in [-0.3, -0.25) is 4.79 Å². The topological polar surface area (TPSA) is 41.6 Å². The first kappa shape index (κ1) is 15.1. The predicted octanol–water partition coefficient (Wildman–Crippen LogP) is 2.15. The minimum absolute atomic E-state index is 0.0538. The fourth-order valence-corrected chi connectivity index (χ4v) is 3.33. The Hall–Kier alpha value is -1.81. The van der Waals surface area contributed by atoms with Crippen molar-refractivity contribution in [1.29, 1.82) is 0 Å². The number of benzene rings is 1. The maximum atomic E-state index is 12.4. The molecule has 2 atom stereocenters. The van der Waals surface area contributed by atoms with Gasteiger partial charge < -0.3 is 15.0 Å². The van der Waals surface area contributed by atoms with E-state index < -0.39 is 0 Å². The normalized spacial score (nSPS) is 27.7. The number of allylic oxidation sites excluding steroid dienone is 1. The highest BCUT2D eigenvalue weighted by Gasteiger charge is 2.30. The van der Waals surface area contributed by atoms with Gasteiger partial charge in [0.2, 0.25) is 0 Å². The molecule has 0 saturated carbocycles. The van der Waals surface area contributed by atoms with Crippen LogP contribution < -0.4 is 10.1 Å². The van der Waals surface area contributed by atoms with Crippen molar-refractivity contribution in [3.8, 4) is 5.75 Å². The van der Waals surface area contributed by atoms with Crippen LogP contribution in [0.1, 0.15) is 24.8 Å². The number of amides is 1. The maximum Gasteiger partial charge on any atom is 0.260 e. The number of nitrogens with zero attached hydrogens (tertiary/aromatic N) is 1. The quantitative estimate of drug-likeness (QED) is 0.747. The summed E-state index contributed by atoms with van der Waals surface area (Å²) >= 11 is 0. The van der Waals surface area contributed by atoms with Crippen LogP contribution in [0, 0.1) is 0 Å². The van der Waals surface area contributed by atoms with Gasteiger partial charge in [-0.15, -0.1) is 0 Å². The lowest BCUT2D eigenvalue weighted by atomic mass is 9.94. The van der Waals surface area contributed by atoms with Gasteiger partial charge in [0.05, 0.1) is 0 Å². The van der Waals surface area contributed by atoms with Crippen LogP contribution in [0.25, 0.3) is 0 Å². The predicted molar refractivity (Wildman–Crippen MR) is 87.0 cm³/mol. The minimum Gasteiger partial charge on any atom is -0.483 e. The Morgan fingerprint density at radius 1 is 1.27 bits per heavy atom. The largest absolute Gasteiger partial charge is 0.483 e. The molecular weight excluding hydrogens is 276 g/mol. The molecule has 0 aliphatic carbocycles. The van der Waals surface area contributed by atoms with Crippen LogP contribution in [0.2, 0.25) is 0 Å². The molecule has 0 aromatic heterocycles. The molecule has 0 unspecified atom stereocenters. The van der Waals surface area contributed by atoms with Crippen molar-refractivity contribution in [2.75, 3.05) is 20.2 Å². The van der Waals surface area contributed by atoms with Gasteiger partial charge in [0, 0.05) is 19.1 Å². The molecule has 1 aromatic carbocycles. The first-order chi connectivity index (χ1) is 10.8. The van der Waals surface area contributed by atoms with E-state index in [2.05, 4.69) is 23.5 Å². The molecule has 1 fully saturated rings. The molecule has 4 heteroatoms. The number of carbonyl (C=O) groups is 1. The average molecular weight is 300 g/mol. The summed E-state index contributed by atoms with van der Waals surface area (Å²) in [6.45, 7) is 1.15. The molecule has 0 radical (unpaired) electrons. The summed E-state index contributed by atoms with van der Waals surface area (Å²) in [5, 5.41) is 3.56. The van der Waals surface area contributed by atoms with Crippen LogP contribution in [0.3, 0.4) is 0 Å². The van der Waals surface area contributed by atoms with Gasteiger partial charge >= 0.3 is 0 Å². The van der Waals surface area contributed by atoms with E-state index >= 15 is 0 Å². The van der Waals surface area contributed by atoms with Gasteiger partial charge in [0.1, 0.15) is 5.75 Å². The molecule has 2 aliphatic rings. The number of hydrogen-bond donors (Lipinski definition) is 1. The zero-order valence-electron chi connectivity index (χ0n) is 13.1. The minimum atomic E-state index is 0.0538. The van der Waals surface area contributed by atoms with Crippen LogP contribution in [-0.4, -0.2) is 43.1 Å². The average Bonchev–Trinajstić information content (AvgIpc) is 2.56. The molecule has 2 heterocycles. The van der Waals surface area contributed by atoms with Crippen LogP contribution >= 0.6 is 0 Å². The number of ether oxygens (including phenoxy) is 1. The summed E-state index contributed by atoms with van der Waals surface area (Å²) in [6, 6.07) is 8.55. The zero-order chi connectivity index (χ0) is 15.4. The lowest BCUT2D eigenvalue weighted by Gasteiger charge is -2.38. The lowest BCUT2D eigenvalue weighted by Crippen LogP contribution is -2.54. The Bertz CT molecular complexity index is 556. The number of fused-ring (bicyclic) bond motifs is 2. The summed E-state index contributed by atoms with van der Waals surface area (Å²) in [5.74, 6) is 0.867. The third-order valence-corrected chi connectivity index (χ3v) is 4.66. The summed E-state index contributed by atoms with van der Waals surface area (Å²) in [4.78, 5) is 14.3. The number of piperidine rings is 1. The molecule has 0 spiro atoms. The van der Waals surface area contributed by atoms with Crippen molar-refractivity contribution in [2.24, 2.45) is 0 Å².